The van der Waals surface area contributed by atoms with Gasteiger partial charge in [0.05, 0.1) is 17.7 Å². The van der Waals surface area contributed by atoms with E-state index in [1.807, 2.05) is 30.5 Å². The first-order valence-electron chi connectivity index (χ1n) is 11.7. The lowest BCUT2D eigenvalue weighted by molar-refractivity contribution is -0.142. The SMILES string of the molecule is O=C(O)C1CCN(c2nc(-c3ccnc(NC4CCC(O)CC4)c3)cc3cnccc23)CC1. The minimum atomic E-state index is -0.713. The van der Waals surface area contributed by atoms with E-state index in [1.165, 1.54) is 0 Å². The number of carbonyl (C=O) groups is 1. The summed E-state index contributed by atoms with van der Waals surface area (Å²) in [5.41, 5.74) is 1.81. The summed E-state index contributed by atoms with van der Waals surface area (Å²) in [5.74, 6) is 0.689. The Labute approximate surface area is 192 Å². The number of piperidine rings is 1. The number of aliphatic carboxylic acids is 1. The van der Waals surface area contributed by atoms with Crippen LogP contribution in [-0.2, 0) is 4.79 Å². The van der Waals surface area contributed by atoms with Gasteiger partial charge in [-0.05, 0) is 62.8 Å². The van der Waals surface area contributed by atoms with E-state index in [9.17, 15) is 15.0 Å². The van der Waals surface area contributed by atoms with Gasteiger partial charge in [0.2, 0.25) is 0 Å². The highest BCUT2D eigenvalue weighted by Crippen LogP contribution is 2.33. The Kier molecular flexibility index (Phi) is 6.09. The van der Waals surface area contributed by atoms with Gasteiger partial charge in [0.15, 0.2) is 0 Å². The van der Waals surface area contributed by atoms with Crippen LogP contribution in [-0.4, -0.2) is 56.4 Å². The number of nitrogens with zero attached hydrogens (tertiary/aromatic N) is 4. The van der Waals surface area contributed by atoms with Crippen molar-refractivity contribution in [2.45, 2.75) is 50.7 Å². The molecule has 0 atom stereocenters. The van der Waals surface area contributed by atoms with Crippen LogP contribution in [0.4, 0.5) is 11.6 Å². The predicted octanol–water partition coefficient (Wildman–Crippen LogP) is 3.71. The zero-order chi connectivity index (χ0) is 22.8. The summed E-state index contributed by atoms with van der Waals surface area (Å²) in [5, 5.41) is 24.6. The molecule has 2 aliphatic rings. The number of aromatic nitrogens is 3. The van der Waals surface area contributed by atoms with Gasteiger partial charge in [0.1, 0.15) is 11.6 Å². The average Bonchev–Trinajstić information content (AvgIpc) is 2.85. The fraction of sp³-hybridized carbons (Fsp3) is 0.440. The number of carboxylic acid groups (broad SMARTS) is 1. The zero-order valence-electron chi connectivity index (χ0n) is 18.5. The number of carboxylic acids is 1. The van der Waals surface area contributed by atoms with E-state index in [2.05, 4.69) is 20.2 Å². The molecule has 1 saturated carbocycles. The van der Waals surface area contributed by atoms with Crippen LogP contribution in [0.1, 0.15) is 38.5 Å². The number of hydrogen-bond donors (Lipinski definition) is 3. The van der Waals surface area contributed by atoms with Gasteiger partial charge in [-0.15, -0.1) is 0 Å². The molecule has 0 bridgehead atoms. The van der Waals surface area contributed by atoms with Crippen molar-refractivity contribution in [1.82, 2.24) is 15.0 Å². The van der Waals surface area contributed by atoms with Crippen molar-refractivity contribution in [1.29, 1.82) is 0 Å². The lowest BCUT2D eigenvalue weighted by atomic mass is 9.93. The first kappa shape index (κ1) is 21.6. The average molecular weight is 448 g/mol. The molecular formula is C25H29N5O3. The summed E-state index contributed by atoms with van der Waals surface area (Å²) < 4.78 is 0. The maximum atomic E-state index is 11.4. The summed E-state index contributed by atoms with van der Waals surface area (Å²) >= 11 is 0. The van der Waals surface area contributed by atoms with Crippen LogP contribution < -0.4 is 10.2 Å². The Balaban J connectivity index is 1.44. The molecular weight excluding hydrogens is 418 g/mol. The molecule has 8 heteroatoms. The molecule has 8 nitrogen and oxygen atoms in total. The van der Waals surface area contributed by atoms with Gasteiger partial charge in [-0.3, -0.25) is 9.78 Å². The highest BCUT2D eigenvalue weighted by atomic mass is 16.4. The monoisotopic (exact) mass is 447 g/mol. The number of nitrogens with one attached hydrogen (secondary N) is 1. The summed E-state index contributed by atoms with van der Waals surface area (Å²) in [7, 11) is 0. The van der Waals surface area contributed by atoms with Crippen LogP contribution >= 0.6 is 0 Å². The summed E-state index contributed by atoms with van der Waals surface area (Å²) in [6.07, 6.45) is 9.97. The van der Waals surface area contributed by atoms with Crippen molar-refractivity contribution >= 4 is 28.4 Å². The maximum Gasteiger partial charge on any atom is 0.306 e. The second-order valence-electron chi connectivity index (χ2n) is 9.11. The summed E-state index contributed by atoms with van der Waals surface area (Å²) in [4.78, 5) is 27.4. The first-order chi connectivity index (χ1) is 16.1. The third-order valence-electron chi connectivity index (χ3n) is 6.86. The highest BCUT2D eigenvalue weighted by Gasteiger charge is 2.26. The van der Waals surface area contributed by atoms with Gasteiger partial charge >= 0.3 is 5.97 Å². The standard InChI is InChI=1S/C25H29N5O3/c31-20-3-1-19(2-4-20)28-23-14-17(5-10-27-23)22-13-18-15-26-9-6-21(18)24(29-22)30-11-7-16(8-12-30)25(32)33/h5-6,9-10,13-16,19-20,31H,1-4,7-8,11-12H2,(H,27,28)(H,32,33). The Bertz CT molecular complexity index is 1140. The number of aliphatic hydroxyl groups is 1. The molecule has 4 heterocycles. The third kappa shape index (κ3) is 4.75. The number of pyridine rings is 3. The lowest BCUT2D eigenvalue weighted by Gasteiger charge is -2.32. The second-order valence-corrected chi connectivity index (χ2v) is 9.11. The Morgan fingerprint density at radius 1 is 1.03 bits per heavy atom. The summed E-state index contributed by atoms with van der Waals surface area (Å²) in [6.45, 7) is 1.34. The van der Waals surface area contributed by atoms with Crippen molar-refractivity contribution in [2.24, 2.45) is 5.92 Å². The van der Waals surface area contributed by atoms with Gasteiger partial charge in [0.25, 0.3) is 0 Å². The van der Waals surface area contributed by atoms with Gasteiger partial charge < -0.3 is 20.4 Å². The number of hydrogen-bond acceptors (Lipinski definition) is 7. The van der Waals surface area contributed by atoms with Gasteiger partial charge in [-0.25, -0.2) is 9.97 Å². The van der Waals surface area contributed by atoms with Gasteiger partial charge in [-0.1, -0.05) is 0 Å². The van der Waals surface area contributed by atoms with Crippen molar-refractivity contribution < 1.29 is 15.0 Å². The van der Waals surface area contributed by atoms with Crippen molar-refractivity contribution in [2.75, 3.05) is 23.3 Å². The molecule has 0 aromatic carbocycles. The Morgan fingerprint density at radius 2 is 1.82 bits per heavy atom. The van der Waals surface area contributed by atoms with E-state index in [1.54, 1.807) is 12.4 Å². The van der Waals surface area contributed by atoms with Crippen LogP contribution in [0.25, 0.3) is 22.0 Å². The molecule has 0 amide bonds. The van der Waals surface area contributed by atoms with E-state index in [0.29, 0.717) is 32.0 Å². The molecule has 33 heavy (non-hydrogen) atoms. The molecule has 0 spiro atoms. The van der Waals surface area contributed by atoms with Crippen LogP contribution in [0.2, 0.25) is 0 Å². The van der Waals surface area contributed by atoms with E-state index < -0.39 is 5.97 Å². The van der Waals surface area contributed by atoms with Crippen LogP contribution in [0, 0.1) is 5.92 Å². The van der Waals surface area contributed by atoms with Crippen molar-refractivity contribution in [3.05, 3.63) is 42.9 Å². The number of rotatable bonds is 5. The van der Waals surface area contributed by atoms with Crippen molar-refractivity contribution in [3.63, 3.8) is 0 Å². The molecule has 1 aliphatic heterocycles. The molecule has 3 N–H and O–H groups in total. The molecule has 1 aliphatic carbocycles. The molecule has 0 radical (unpaired) electrons. The highest BCUT2D eigenvalue weighted by molar-refractivity contribution is 5.94. The van der Waals surface area contributed by atoms with Crippen molar-refractivity contribution in [3.8, 4) is 11.3 Å². The van der Waals surface area contributed by atoms with Crippen LogP contribution in [0.3, 0.4) is 0 Å². The molecule has 172 valence electrons. The van der Waals surface area contributed by atoms with E-state index in [-0.39, 0.29) is 12.0 Å². The number of anilines is 2. The Hall–Kier alpha value is -3.26. The quantitative estimate of drug-likeness (QED) is 0.543. The first-order valence-corrected chi connectivity index (χ1v) is 11.7. The topological polar surface area (TPSA) is 111 Å². The van der Waals surface area contributed by atoms with Gasteiger partial charge in [0, 0.05) is 54.1 Å². The smallest absolute Gasteiger partial charge is 0.306 e. The molecule has 2 fully saturated rings. The Morgan fingerprint density at radius 3 is 2.58 bits per heavy atom. The predicted molar refractivity (Wildman–Crippen MR) is 127 cm³/mol. The van der Waals surface area contributed by atoms with E-state index in [0.717, 1.165) is 59.3 Å². The normalized spacial score (nSPS) is 21.8. The lowest BCUT2D eigenvalue weighted by Crippen LogP contribution is -2.36. The zero-order valence-corrected chi connectivity index (χ0v) is 18.5. The maximum absolute atomic E-state index is 11.4. The van der Waals surface area contributed by atoms with E-state index in [4.69, 9.17) is 4.98 Å². The fourth-order valence-electron chi connectivity index (χ4n) is 4.90. The van der Waals surface area contributed by atoms with Crippen LogP contribution in [0.5, 0.6) is 0 Å². The van der Waals surface area contributed by atoms with E-state index >= 15 is 0 Å². The third-order valence-corrected chi connectivity index (χ3v) is 6.86. The number of fused-ring (bicyclic) bond motifs is 1. The second kappa shape index (κ2) is 9.31. The molecule has 0 unspecified atom stereocenters. The summed E-state index contributed by atoms with van der Waals surface area (Å²) in [6, 6.07) is 8.32. The number of aliphatic hydroxyl groups excluding tert-OH is 1. The molecule has 3 aromatic rings. The minimum absolute atomic E-state index is 0.184. The molecule has 5 rings (SSSR count). The minimum Gasteiger partial charge on any atom is -0.481 e. The van der Waals surface area contributed by atoms with Crippen LogP contribution in [0.15, 0.2) is 42.9 Å². The largest absolute Gasteiger partial charge is 0.481 e. The molecule has 3 aromatic heterocycles. The van der Waals surface area contributed by atoms with Gasteiger partial charge in [-0.2, -0.15) is 0 Å². The fourth-order valence-corrected chi connectivity index (χ4v) is 4.90. The molecule has 1 saturated heterocycles.